The molecule has 0 aliphatic heterocycles. The Morgan fingerprint density at radius 1 is 1.14 bits per heavy atom. The van der Waals surface area contributed by atoms with Crippen LogP contribution in [0, 0.1) is 6.92 Å². The van der Waals surface area contributed by atoms with Crippen LogP contribution >= 0.6 is 23.8 Å². The Balaban J connectivity index is 1.85. The first-order chi connectivity index (χ1) is 13.6. The summed E-state index contributed by atoms with van der Waals surface area (Å²) < 4.78 is 5.49. The zero-order valence-electron chi connectivity index (χ0n) is 15.9. The van der Waals surface area contributed by atoms with E-state index in [0.29, 0.717) is 18.2 Å². The number of anilines is 1. The average molecular weight is 412 g/mol. The SMILES string of the molecule is COc1cc(C)ccc1NC(=S)N(Cc1cccnc1)Cc1ccccc1Cl. The second-order valence-corrected chi connectivity index (χ2v) is 7.24. The molecule has 0 atom stereocenters. The Morgan fingerprint density at radius 2 is 1.96 bits per heavy atom. The Hall–Kier alpha value is -2.63. The van der Waals surface area contributed by atoms with Crippen molar-refractivity contribution in [2.75, 3.05) is 12.4 Å². The molecule has 1 heterocycles. The lowest BCUT2D eigenvalue weighted by molar-refractivity contribution is 0.408. The van der Waals surface area contributed by atoms with Gasteiger partial charge in [-0.1, -0.05) is 41.9 Å². The normalized spacial score (nSPS) is 10.4. The fraction of sp³-hybridized carbons (Fsp3) is 0.182. The quantitative estimate of drug-likeness (QED) is 0.546. The van der Waals surface area contributed by atoms with Gasteiger partial charge in [0.25, 0.3) is 0 Å². The molecule has 4 nitrogen and oxygen atoms in total. The summed E-state index contributed by atoms with van der Waals surface area (Å²) in [6.45, 7) is 3.21. The van der Waals surface area contributed by atoms with Gasteiger partial charge in [0, 0.05) is 30.5 Å². The van der Waals surface area contributed by atoms with Gasteiger partial charge in [-0.2, -0.15) is 0 Å². The van der Waals surface area contributed by atoms with E-state index < -0.39 is 0 Å². The van der Waals surface area contributed by atoms with E-state index in [1.807, 2.05) is 67.7 Å². The molecule has 3 rings (SSSR count). The number of aromatic nitrogens is 1. The maximum absolute atomic E-state index is 6.38. The van der Waals surface area contributed by atoms with E-state index in [4.69, 9.17) is 28.6 Å². The van der Waals surface area contributed by atoms with Crippen molar-refractivity contribution in [1.29, 1.82) is 0 Å². The highest BCUT2D eigenvalue weighted by molar-refractivity contribution is 7.80. The molecule has 1 aromatic heterocycles. The summed E-state index contributed by atoms with van der Waals surface area (Å²) in [4.78, 5) is 6.27. The van der Waals surface area contributed by atoms with Crippen LogP contribution < -0.4 is 10.1 Å². The fourth-order valence-electron chi connectivity index (χ4n) is 2.84. The number of halogens is 1. The highest BCUT2D eigenvalue weighted by atomic mass is 35.5. The van der Waals surface area contributed by atoms with Gasteiger partial charge in [-0.15, -0.1) is 0 Å². The number of nitrogens with one attached hydrogen (secondary N) is 1. The minimum Gasteiger partial charge on any atom is -0.495 e. The van der Waals surface area contributed by atoms with Crippen molar-refractivity contribution in [2.45, 2.75) is 20.0 Å². The molecule has 0 bridgehead atoms. The van der Waals surface area contributed by atoms with Crippen molar-refractivity contribution in [1.82, 2.24) is 9.88 Å². The minimum atomic E-state index is 0.578. The van der Waals surface area contributed by atoms with Gasteiger partial charge in [-0.05, 0) is 60.1 Å². The Morgan fingerprint density at radius 3 is 2.68 bits per heavy atom. The van der Waals surface area contributed by atoms with Crippen LogP contribution in [0.15, 0.2) is 67.0 Å². The van der Waals surface area contributed by atoms with Crippen LogP contribution in [0.25, 0.3) is 0 Å². The average Bonchev–Trinajstić information content (AvgIpc) is 2.71. The zero-order chi connectivity index (χ0) is 19.9. The Bertz CT molecular complexity index is 950. The van der Waals surface area contributed by atoms with Crippen molar-refractivity contribution in [3.8, 4) is 5.75 Å². The number of hydrogen-bond acceptors (Lipinski definition) is 3. The highest BCUT2D eigenvalue weighted by Crippen LogP contribution is 2.26. The number of rotatable bonds is 6. The maximum Gasteiger partial charge on any atom is 0.174 e. The number of aryl methyl sites for hydroxylation is 1. The molecule has 1 N–H and O–H groups in total. The summed E-state index contributed by atoms with van der Waals surface area (Å²) in [6, 6.07) is 17.7. The molecule has 0 radical (unpaired) electrons. The summed E-state index contributed by atoms with van der Waals surface area (Å²) in [6.07, 6.45) is 3.60. The first-order valence-corrected chi connectivity index (χ1v) is 9.68. The van der Waals surface area contributed by atoms with Crippen molar-refractivity contribution >= 4 is 34.6 Å². The molecule has 28 heavy (non-hydrogen) atoms. The molecule has 0 spiro atoms. The van der Waals surface area contributed by atoms with Crippen molar-refractivity contribution < 1.29 is 4.74 Å². The van der Waals surface area contributed by atoms with E-state index in [1.165, 1.54) is 0 Å². The zero-order valence-corrected chi connectivity index (χ0v) is 17.4. The third-order valence-electron chi connectivity index (χ3n) is 4.30. The van der Waals surface area contributed by atoms with Crippen LogP contribution in [0.2, 0.25) is 5.02 Å². The number of methoxy groups -OCH3 is 1. The van der Waals surface area contributed by atoms with Gasteiger partial charge >= 0.3 is 0 Å². The van der Waals surface area contributed by atoms with Gasteiger partial charge in [-0.3, -0.25) is 4.98 Å². The third-order valence-corrected chi connectivity index (χ3v) is 5.03. The molecule has 144 valence electrons. The molecule has 0 unspecified atom stereocenters. The molecule has 0 fully saturated rings. The molecule has 0 aliphatic carbocycles. The summed E-state index contributed by atoms with van der Waals surface area (Å²) in [5.74, 6) is 0.751. The maximum atomic E-state index is 6.38. The lowest BCUT2D eigenvalue weighted by atomic mass is 10.2. The highest BCUT2D eigenvalue weighted by Gasteiger charge is 2.15. The van der Waals surface area contributed by atoms with Gasteiger partial charge in [-0.25, -0.2) is 0 Å². The number of nitrogens with zero attached hydrogens (tertiary/aromatic N) is 2. The first-order valence-electron chi connectivity index (χ1n) is 8.89. The van der Waals surface area contributed by atoms with E-state index in [2.05, 4.69) is 15.2 Å². The van der Waals surface area contributed by atoms with E-state index in [1.54, 1.807) is 13.3 Å². The number of ether oxygens (including phenoxy) is 1. The largest absolute Gasteiger partial charge is 0.495 e. The van der Waals surface area contributed by atoms with E-state index in [9.17, 15) is 0 Å². The summed E-state index contributed by atoms with van der Waals surface area (Å²) in [7, 11) is 1.65. The van der Waals surface area contributed by atoms with Gasteiger partial charge in [0.05, 0.1) is 12.8 Å². The second-order valence-electron chi connectivity index (χ2n) is 6.44. The molecule has 6 heteroatoms. The smallest absolute Gasteiger partial charge is 0.174 e. The van der Waals surface area contributed by atoms with Gasteiger partial charge in [0.1, 0.15) is 5.75 Å². The Labute approximate surface area is 176 Å². The number of thiocarbonyl (C=S) groups is 1. The van der Waals surface area contributed by atoms with Gasteiger partial charge in [0.15, 0.2) is 5.11 Å². The van der Waals surface area contributed by atoms with E-state index in [0.717, 1.165) is 33.1 Å². The predicted molar refractivity (Wildman–Crippen MR) is 119 cm³/mol. The molecule has 0 saturated heterocycles. The standard InChI is InChI=1S/C22H22ClN3OS/c1-16-9-10-20(21(12-16)27-2)25-22(28)26(14-17-6-5-11-24-13-17)15-18-7-3-4-8-19(18)23/h3-13H,14-15H2,1-2H3,(H,25,28). The summed E-state index contributed by atoms with van der Waals surface area (Å²) in [5.41, 5.74) is 4.02. The molecular formula is C22H22ClN3OS. The van der Waals surface area contributed by atoms with Crippen LogP contribution in [-0.4, -0.2) is 22.1 Å². The van der Waals surface area contributed by atoms with Crippen LogP contribution in [0.5, 0.6) is 5.75 Å². The Kier molecular flexibility index (Phi) is 6.85. The molecular weight excluding hydrogens is 390 g/mol. The monoisotopic (exact) mass is 411 g/mol. The molecule has 3 aromatic rings. The molecule has 2 aromatic carbocycles. The predicted octanol–water partition coefficient (Wildman–Crippen LogP) is 5.45. The van der Waals surface area contributed by atoms with E-state index in [-0.39, 0.29) is 0 Å². The number of hydrogen-bond donors (Lipinski definition) is 1. The van der Waals surface area contributed by atoms with Crippen molar-refractivity contribution in [3.05, 3.63) is 88.7 Å². The van der Waals surface area contributed by atoms with Crippen LogP contribution in [0.3, 0.4) is 0 Å². The van der Waals surface area contributed by atoms with Crippen LogP contribution in [-0.2, 0) is 13.1 Å². The molecule has 0 aliphatic rings. The number of benzene rings is 2. The van der Waals surface area contributed by atoms with Crippen molar-refractivity contribution in [2.24, 2.45) is 0 Å². The minimum absolute atomic E-state index is 0.578. The molecule has 0 amide bonds. The van der Waals surface area contributed by atoms with Crippen LogP contribution in [0.4, 0.5) is 5.69 Å². The summed E-state index contributed by atoms with van der Waals surface area (Å²) in [5, 5.41) is 4.62. The van der Waals surface area contributed by atoms with Gasteiger partial charge in [0.2, 0.25) is 0 Å². The lowest BCUT2D eigenvalue weighted by Crippen LogP contribution is -2.34. The first kappa shape index (κ1) is 20.1. The van der Waals surface area contributed by atoms with Gasteiger partial charge < -0.3 is 15.0 Å². The lowest BCUT2D eigenvalue weighted by Gasteiger charge is -2.27. The van der Waals surface area contributed by atoms with E-state index >= 15 is 0 Å². The third kappa shape index (κ3) is 5.21. The number of pyridine rings is 1. The topological polar surface area (TPSA) is 37.4 Å². The molecule has 0 saturated carbocycles. The fourth-order valence-corrected chi connectivity index (χ4v) is 3.27. The second kappa shape index (κ2) is 9.53. The summed E-state index contributed by atoms with van der Waals surface area (Å²) >= 11 is 12.1. The van der Waals surface area contributed by atoms with Crippen LogP contribution in [0.1, 0.15) is 16.7 Å². The van der Waals surface area contributed by atoms with Crippen molar-refractivity contribution in [3.63, 3.8) is 0 Å².